The molecule has 102 valence electrons. The molecule has 2 atom stereocenters. The second-order valence-electron chi connectivity index (χ2n) is 5.47. The molecule has 1 aromatic rings. The zero-order chi connectivity index (χ0) is 13.4. The molecule has 0 radical (unpaired) electrons. The molecule has 1 aromatic carbocycles. The maximum Gasteiger partial charge on any atom is 0.271 e. The Balaban J connectivity index is 1.78. The highest BCUT2D eigenvalue weighted by atomic mass is 16.6. The first-order valence-corrected chi connectivity index (χ1v) is 6.78. The smallest absolute Gasteiger partial charge is 0.271 e. The maximum atomic E-state index is 10.8. The van der Waals surface area contributed by atoms with Gasteiger partial charge in [0.05, 0.1) is 17.1 Å². The summed E-state index contributed by atoms with van der Waals surface area (Å²) >= 11 is 0. The normalized spacial score (nSPS) is 26.4. The first kappa shape index (κ1) is 12.4. The Kier molecular flexibility index (Phi) is 3.14. The van der Waals surface area contributed by atoms with Crippen molar-refractivity contribution in [2.24, 2.45) is 5.92 Å². The summed E-state index contributed by atoms with van der Waals surface area (Å²) in [4.78, 5) is 10.5. The van der Waals surface area contributed by atoms with E-state index in [2.05, 4.69) is 5.32 Å². The molecule has 3 rings (SSSR count). The van der Waals surface area contributed by atoms with Gasteiger partial charge in [-0.2, -0.15) is 0 Å². The molecular weight excluding hydrogens is 244 g/mol. The van der Waals surface area contributed by atoms with Crippen LogP contribution in [0.1, 0.15) is 24.8 Å². The summed E-state index contributed by atoms with van der Waals surface area (Å²) in [6.45, 7) is 2.75. The monoisotopic (exact) mass is 262 g/mol. The molecule has 0 bridgehead atoms. The van der Waals surface area contributed by atoms with Crippen LogP contribution in [0.15, 0.2) is 18.2 Å². The van der Waals surface area contributed by atoms with Gasteiger partial charge in [-0.25, -0.2) is 0 Å². The second-order valence-corrected chi connectivity index (χ2v) is 5.47. The van der Waals surface area contributed by atoms with Crippen LogP contribution < -0.4 is 5.32 Å². The van der Waals surface area contributed by atoms with Crippen molar-refractivity contribution < 1.29 is 9.66 Å². The number of nitro benzene ring substituents is 1. The predicted molar refractivity (Wildman–Crippen MR) is 72.3 cm³/mol. The van der Waals surface area contributed by atoms with Crippen LogP contribution in [0.4, 0.5) is 11.4 Å². The zero-order valence-electron chi connectivity index (χ0n) is 11.0. The van der Waals surface area contributed by atoms with Crippen molar-refractivity contribution >= 4 is 11.4 Å². The first-order chi connectivity index (χ1) is 9.15. The Labute approximate surface area is 112 Å². The third kappa shape index (κ3) is 2.56. The van der Waals surface area contributed by atoms with Crippen LogP contribution in [0.2, 0.25) is 0 Å². The van der Waals surface area contributed by atoms with Crippen molar-refractivity contribution in [3.05, 3.63) is 33.9 Å². The molecular formula is C14H18N2O3. The summed E-state index contributed by atoms with van der Waals surface area (Å²) < 4.78 is 5.78. The van der Waals surface area contributed by atoms with E-state index in [1.165, 1.54) is 12.8 Å². The van der Waals surface area contributed by atoms with Crippen LogP contribution in [0.5, 0.6) is 0 Å². The van der Waals surface area contributed by atoms with Gasteiger partial charge in [-0.15, -0.1) is 0 Å². The van der Waals surface area contributed by atoms with E-state index in [-0.39, 0.29) is 22.8 Å². The van der Waals surface area contributed by atoms with Crippen LogP contribution in [0, 0.1) is 23.0 Å². The quantitative estimate of drug-likeness (QED) is 0.669. The maximum absolute atomic E-state index is 10.8. The highest BCUT2D eigenvalue weighted by molar-refractivity contribution is 5.57. The van der Waals surface area contributed by atoms with Gasteiger partial charge >= 0.3 is 0 Å². The lowest BCUT2D eigenvalue weighted by Crippen LogP contribution is -2.31. The number of hydrogen-bond acceptors (Lipinski definition) is 4. The van der Waals surface area contributed by atoms with Crippen molar-refractivity contribution in [1.82, 2.24) is 0 Å². The number of nitro groups is 1. The SMILES string of the molecule is Cc1ccc([N+](=O)[O-])cc1NC1CCOC1C1CC1. The molecule has 1 saturated carbocycles. The van der Waals surface area contributed by atoms with Gasteiger partial charge in [0.1, 0.15) is 0 Å². The van der Waals surface area contributed by atoms with E-state index in [1.54, 1.807) is 18.2 Å². The fraction of sp³-hybridized carbons (Fsp3) is 0.571. The van der Waals surface area contributed by atoms with E-state index in [0.717, 1.165) is 24.3 Å². The number of nitrogens with zero attached hydrogens (tertiary/aromatic N) is 1. The molecule has 0 spiro atoms. The van der Waals surface area contributed by atoms with Crippen molar-refractivity contribution in [2.75, 3.05) is 11.9 Å². The summed E-state index contributed by atoms with van der Waals surface area (Å²) in [5.74, 6) is 0.680. The number of nitrogens with one attached hydrogen (secondary N) is 1. The summed E-state index contributed by atoms with van der Waals surface area (Å²) in [6, 6.07) is 5.25. The topological polar surface area (TPSA) is 64.4 Å². The van der Waals surface area contributed by atoms with Crippen molar-refractivity contribution in [3.63, 3.8) is 0 Å². The fourth-order valence-electron chi connectivity index (χ4n) is 2.73. The Bertz CT molecular complexity index is 499. The number of anilines is 1. The van der Waals surface area contributed by atoms with E-state index in [4.69, 9.17) is 4.74 Å². The lowest BCUT2D eigenvalue weighted by molar-refractivity contribution is -0.384. The molecule has 5 nitrogen and oxygen atoms in total. The molecule has 0 aromatic heterocycles. The standard InChI is InChI=1S/C14H18N2O3/c1-9-2-5-11(16(17)18)8-13(9)15-12-6-7-19-14(12)10-3-4-10/h2,5,8,10,12,14-15H,3-4,6-7H2,1H3. The molecule has 2 aliphatic rings. The third-order valence-electron chi connectivity index (χ3n) is 4.00. The van der Waals surface area contributed by atoms with Gasteiger partial charge < -0.3 is 10.1 Å². The lowest BCUT2D eigenvalue weighted by atomic mass is 10.0. The van der Waals surface area contributed by atoms with Gasteiger partial charge in [0, 0.05) is 24.4 Å². The Morgan fingerprint density at radius 3 is 2.84 bits per heavy atom. The molecule has 1 aliphatic heterocycles. The molecule has 1 aliphatic carbocycles. The second kappa shape index (κ2) is 4.81. The molecule has 1 N–H and O–H groups in total. The molecule has 1 saturated heterocycles. The number of benzene rings is 1. The molecule has 2 unspecified atom stereocenters. The lowest BCUT2D eigenvalue weighted by Gasteiger charge is -2.21. The van der Waals surface area contributed by atoms with Gasteiger partial charge in [0.15, 0.2) is 0 Å². The largest absolute Gasteiger partial charge is 0.379 e. The van der Waals surface area contributed by atoms with Gasteiger partial charge in [-0.1, -0.05) is 6.07 Å². The number of hydrogen-bond donors (Lipinski definition) is 1. The Morgan fingerprint density at radius 1 is 1.37 bits per heavy atom. The van der Waals surface area contributed by atoms with Crippen molar-refractivity contribution in [3.8, 4) is 0 Å². The van der Waals surface area contributed by atoms with Crippen molar-refractivity contribution in [2.45, 2.75) is 38.3 Å². The third-order valence-corrected chi connectivity index (χ3v) is 4.00. The number of rotatable bonds is 4. The summed E-state index contributed by atoms with van der Waals surface area (Å²) in [5.41, 5.74) is 2.03. The number of ether oxygens (including phenoxy) is 1. The Hall–Kier alpha value is -1.62. The number of non-ortho nitro benzene ring substituents is 1. The van der Waals surface area contributed by atoms with Crippen LogP contribution in [0.25, 0.3) is 0 Å². The van der Waals surface area contributed by atoms with Crippen LogP contribution >= 0.6 is 0 Å². The zero-order valence-corrected chi connectivity index (χ0v) is 11.0. The minimum absolute atomic E-state index is 0.134. The van der Waals surface area contributed by atoms with Crippen LogP contribution in [-0.4, -0.2) is 23.7 Å². The summed E-state index contributed by atoms with van der Waals surface area (Å²) in [7, 11) is 0. The highest BCUT2D eigenvalue weighted by Crippen LogP contribution is 2.40. The number of aryl methyl sites for hydroxylation is 1. The van der Waals surface area contributed by atoms with Crippen LogP contribution in [0.3, 0.4) is 0 Å². The molecule has 0 amide bonds. The van der Waals surface area contributed by atoms with Crippen molar-refractivity contribution in [1.29, 1.82) is 0 Å². The predicted octanol–water partition coefficient (Wildman–Crippen LogP) is 2.88. The highest BCUT2D eigenvalue weighted by Gasteiger charge is 2.40. The van der Waals surface area contributed by atoms with Gasteiger partial charge in [-0.05, 0) is 37.7 Å². The van der Waals surface area contributed by atoms with E-state index >= 15 is 0 Å². The fourth-order valence-corrected chi connectivity index (χ4v) is 2.73. The summed E-state index contributed by atoms with van der Waals surface area (Å²) in [6.07, 6.45) is 3.75. The van der Waals surface area contributed by atoms with E-state index in [1.807, 2.05) is 6.92 Å². The minimum Gasteiger partial charge on any atom is -0.379 e. The van der Waals surface area contributed by atoms with E-state index < -0.39 is 0 Å². The average Bonchev–Trinajstić information content (AvgIpc) is 3.12. The Morgan fingerprint density at radius 2 is 2.16 bits per heavy atom. The van der Waals surface area contributed by atoms with Gasteiger partial charge in [-0.3, -0.25) is 10.1 Å². The molecule has 2 fully saturated rings. The summed E-state index contributed by atoms with van der Waals surface area (Å²) in [5, 5.41) is 14.3. The average molecular weight is 262 g/mol. The van der Waals surface area contributed by atoms with E-state index in [9.17, 15) is 10.1 Å². The van der Waals surface area contributed by atoms with Gasteiger partial charge in [0.2, 0.25) is 0 Å². The molecule has 5 heteroatoms. The minimum atomic E-state index is -0.353. The first-order valence-electron chi connectivity index (χ1n) is 6.78. The molecule has 19 heavy (non-hydrogen) atoms. The van der Waals surface area contributed by atoms with E-state index in [0.29, 0.717) is 5.92 Å². The van der Waals surface area contributed by atoms with Crippen LogP contribution in [-0.2, 0) is 4.74 Å². The van der Waals surface area contributed by atoms with Gasteiger partial charge in [0.25, 0.3) is 5.69 Å². The molecule has 1 heterocycles.